The van der Waals surface area contributed by atoms with Crippen LogP contribution in [-0.4, -0.2) is 13.0 Å². The van der Waals surface area contributed by atoms with Gasteiger partial charge in [-0.15, -0.1) is 0 Å². The Balaban J connectivity index is 1.63. The number of nitrogens with one attached hydrogen (secondary N) is 2. The van der Waals surface area contributed by atoms with Crippen molar-refractivity contribution in [2.75, 3.05) is 16.8 Å². The van der Waals surface area contributed by atoms with Gasteiger partial charge in [0.05, 0.1) is 6.07 Å². The van der Waals surface area contributed by atoms with Crippen molar-refractivity contribution < 1.29 is 22.4 Å². The number of rotatable bonds is 5. The highest BCUT2D eigenvalue weighted by atomic mass is 32.2. The lowest BCUT2D eigenvalue weighted by Gasteiger charge is -2.19. The monoisotopic (exact) mass is 633 g/mol. The van der Waals surface area contributed by atoms with Crippen molar-refractivity contribution >= 4 is 49.5 Å². The smallest absolute Gasteiger partial charge is 0.295 e. The van der Waals surface area contributed by atoms with Crippen molar-refractivity contribution in [3.05, 3.63) is 112 Å². The number of anilines is 4. The van der Waals surface area contributed by atoms with Crippen molar-refractivity contribution in [2.24, 2.45) is 0 Å². The van der Waals surface area contributed by atoms with Crippen LogP contribution in [-0.2, 0) is 10.1 Å². The summed E-state index contributed by atoms with van der Waals surface area (Å²) in [5.74, 6) is 0.525. The van der Waals surface area contributed by atoms with E-state index in [2.05, 4.69) is 10.3 Å². The fourth-order valence-electron chi connectivity index (χ4n) is 6.31. The average molecular weight is 634 g/mol. The first-order chi connectivity index (χ1) is 21.7. The Morgan fingerprint density at radius 3 is 2.13 bits per heavy atom. The Labute approximate surface area is 268 Å². The number of nitrogens with two attached hydrogens (primary N) is 2. The fourth-order valence-corrected chi connectivity index (χ4v) is 7.01. The molecule has 0 atom stereocenters. The number of hydrogen-bond donors (Lipinski definition) is 5. The van der Waals surface area contributed by atoms with Gasteiger partial charge in [0.1, 0.15) is 16.2 Å². The topological polar surface area (TPSA) is 146 Å². The SMILES string of the molecule is Cc1cc(C)c(Nc2ccc3c(-c4ccccc4S(=O)(=O)O)c4ccc(=[NH+]c5c(C)cc(C)c(N)c5C)cc-4oc3c2)c(C)c1N. The second-order valence-electron chi connectivity index (χ2n) is 12.0. The first kappa shape index (κ1) is 30.9. The molecular formula is C37H37N4O4S+. The van der Waals surface area contributed by atoms with Crippen LogP contribution in [0.5, 0.6) is 0 Å². The minimum Gasteiger partial charge on any atom is -0.456 e. The predicted molar refractivity (Wildman–Crippen MR) is 185 cm³/mol. The zero-order valence-corrected chi connectivity index (χ0v) is 27.5. The number of fused-ring (bicyclic) bond motifs is 2. The lowest BCUT2D eigenvalue weighted by molar-refractivity contribution is -0.403. The van der Waals surface area contributed by atoms with Crippen LogP contribution in [0, 0.1) is 41.5 Å². The van der Waals surface area contributed by atoms with E-state index in [1.165, 1.54) is 6.07 Å². The van der Waals surface area contributed by atoms with E-state index in [0.29, 0.717) is 33.4 Å². The number of aryl methyl sites for hydroxylation is 4. The van der Waals surface area contributed by atoms with E-state index >= 15 is 0 Å². The molecule has 4 aromatic carbocycles. The molecule has 7 N–H and O–H groups in total. The third-order valence-corrected chi connectivity index (χ3v) is 9.67. The van der Waals surface area contributed by atoms with Gasteiger partial charge in [0.15, 0.2) is 0 Å². The molecule has 8 nitrogen and oxygen atoms in total. The second-order valence-corrected chi connectivity index (χ2v) is 13.4. The van der Waals surface area contributed by atoms with E-state index in [1.807, 2.05) is 90.1 Å². The van der Waals surface area contributed by atoms with Crippen molar-refractivity contribution in [3.63, 3.8) is 0 Å². The predicted octanol–water partition coefficient (Wildman–Crippen LogP) is 6.52. The van der Waals surface area contributed by atoms with Crippen molar-refractivity contribution in [1.82, 2.24) is 0 Å². The van der Waals surface area contributed by atoms with Gasteiger partial charge in [-0.2, -0.15) is 8.42 Å². The van der Waals surface area contributed by atoms with Gasteiger partial charge in [0.2, 0.25) is 11.0 Å². The molecule has 0 saturated heterocycles. The molecule has 0 bridgehead atoms. The second kappa shape index (κ2) is 11.3. The molecule has 2 aliphatic rings. The normalized spacial score (nSPS) is 12.3. The van der Waals surface area contributed by atoms with Crippen molar-refractivity contribution in [2.45, 2.75) is 46.4 Å². The first-order valence-electron chi connectivity index (χ1n) is 14.9. The zero-order valence-electron chi connectivity index (χ0n) is 26.7. The third-order valence-electron chi connectivity index (χ3n) is 8.76. The lowest BCUT2D eigenvalue weighted by atomic mass is 9.93. The summed E-state index contributed by atoms with van der Waals surface area (Å²) in [6.07, 6.45) is 0. The standard InChI is InChI=1S/C37H36N4O4S/c1-19-15-21(3)36(23(5)34(19)38)40-25-11-13-27-30(17-25)45-31-18-26(41-37-22(4)16-20(2)35(39)24(37)6)12-14-28(31)33(27)29-9-7-8-10-32(29)46(42,43)44/h7-18,40H,38-39H2,1-6H3,(H,42,43,44)/p+1. The minimum absolute atomic E-state index is 0.184. The average Bonchev–Trinajstić information content (AvgIpc) is 3.01. The van der Waals surface area contributed by atoms with E-state index in [-0.39, 0.29) is 4.90 Å². The van der Waals surface area contributed by atoms with E-state index in [1.54, 1.807) is 18.2 Å². The molecule has 0 amide bonds. The largest absolute Gasteiger partial charge is 0.456 e. The third kappa shape index (κ3) is 5.37. The van der Waals surface area contributed by atoms with Crippen molar-refractivity contribution in [1.29, 1.82) is 0 Å². The Hall–Kier alpha value is -5.12. The van der Waals surface area contributed by atoms with Crippen LogP contribution < -0.4 is 27.1 Å². The Bertz CT molecular complexity index is 2360. The maximum atomic E-state index is 12.5. The van der Waals surface area contributed by atoms with Crippen LogP contribution in [0.3, 0.4) is 0 Å². The van der Waals surface area contributed by atoms with E-state index in [0.717, 1.165) is 67.2 Å². The van der Waals surface area contributed by atoms with Gasteiger partial charge in [0.25, 0.3) is 10.1 Å². The maximum Gasteiger partial charge on any atom is 0.295 e. The molecule has 0 spiro atoms. The Kier molecular flexibility index (Phi) is 7.62. The van der Waals surface area contributed by atoms with Gasteiger partial charge >= 0.3 is 0 Å². The molecule has 1 aliphatic carbocycles. The zero-order chi connectivity index (χ0) is 33.1. The van der Waals surface area contributed by atoms with Crippen LogP contribution in [0.15, 0.2) is 82.1 Å². The molecule has 234 valence electrons. The molecule has 0 fully saturated rings. The lowest BCUT2D eigenvalue weighted by Crippen LogP contribution is -2.71. The van der Waals surface area contributed by atoms with Gasteiger partial charge in [-0.25, -0.2) is 4.99 Å². The van der Waals surface area contributed by atoms with Gasteiger partial charge in [0, 0.05) is 68.1 Å². The molecule has 9 heteroatoms. The molecule has 0 saturated carbocycles. The van der Waals surface area contributed by atoms with Gasteiger partial charge in [-0.3, -0.25) is 4.55 Å². The first-order valence-corrected chi connectivity index (χ1v) is 16.4. The molecule has 0 unspecified atom stereocenters. The summed E-state index contributed by atoms with van der Waals surface area (Å²) in [5.41, 5.74) is 25.0. The summed E-state index contributed by atoms with van der Waals surface area (Å²) in [6, 6.07) is 21.9. The molecular weight excluding hydrogens is 596 g/mol. The van der Waals surface area contributed by atoms with Crippen LogP contribution in [0.2, 0.25) is 0 Å². The Morgan fingerprint density at radius 1 is 0.739 bits per heavy atom. The summed E-state index contributed by atoms with van der Waals surface area (Å²) in [7, 11) is -4.53. The van der Waals surface area contributed by atoms with Crippen molar-refractivity contribution in [3.8, 4) is 22.5 Å². The molecule has 1 heterocycles. The van der Waals surface area contributed by atoms with Gasteiger partial charge in [-0.1, -0.05) is 24.3 Å². The summed E-state index contributed by atoms with van der Waals surface area (Å²) < 4.78 is 41.8. The fraction of sp³-hybridized carbons (Fsp3) is 0.162. The minimum atomic E-state index is -4.53. The van der Waals surface area contributed by atoms with E-state index in [9.17, 15) is 13.0 Å². The molecule has 0 aromatic heterocycles. The number of hydrogen-bond acceptors (Lipinski definition) is 6. The highest BCUT2D eigenvalue weighted by Gasteiger charge is 2.24. The Morgan fingerprint density at radius 2 is 1.41 bits per heavy atom. The van der Waals surface area contributed by atoms with Crippen LogP contribution in [0.4, 0.5) is 28.4 Å². The highest BCUT2D eigenvalue weighted by Crippen LogP contribution is 2.43. The number of nitrogen functional groups attached to an aromatic ring is 2. The van der Waals surface area contributed by atoms with Crippen LogP contribution >= 0.6 is 0 Å². The van der Waals surface area contributed by atoms with Crippen LogP contribution in [0.1, 0.15) is 33.4 Å². The molecule has 6 rings (SSSR count). The van der Waals surface area contributed by atoms with E-state index in [4.69, 9.17) is 15.9 Å². The molecule has 1 aliphatic heterocycles. The summed E-state index contributed by atoms with van der Waals surface area (Å²) >= 11 is 0. The van der Waals surface area contributed by atoms with Gasteiger partial charge < -0.3 is 21.2 Å². The quantitative estimate of drug-likeness (QED) is 0.0825. The summed E-state index contributed by atoms with van der Waals surface area (Å²) in [5, 5.41) is 4.97. The van der Waals surface area contributed by atoms with Crippen LogP contribution in [0.25, 0.3) is 33.4 Å². The molecule has 0 radical (unpaired) electrons. The van der Waals surface area contributed by atoms with E-state index < -0.39 is 10.1 Å². The number of benzene rings is 5. The molecule has 4 aromatic rings. The summed E-state index contributed by atoms with van der Waals surface area (Å²) in [4.78, 5) is 3.33. The van der Waals surface area contributed by atoms with Gasteiger partial charge in [-0.05, 0) is 94.1 Å². The summed E-state index contributed by atoms with van der Waals surface area (Å²) in [6.45, 7) is 12.0. The maximum absolute atomic E-state index is 12.5. The molecule has 46 heavy (non-hydrogen) atoms. The highest BCUT2D eigenvalue weighted by molar-refractivity contribution is 7.86.